The van der Waals surface area contributed by atoms with E-state index in [1.165, 1.54) is 135 Å². The van der Waals surface area contributed by atoms with Crippen molar-refractivity contribution in [3.63, 3.8) is 0 Å². The molecule has 0 bridgehead atoms. The van der Waals surface area contributed by atoms with E-state index >= 15 is 0 Å². The standard InChI is InChI=1S/C6H12.8C6H14.2C5H10/c1-2-3-6-4-5-6;2*1-5-6(2,3)4;1-5(2)6(3)4;2*1-4-5-6(2)3;2*1-4-6(3)5-2;1-3-5-6-4-2;1-5(2)3-4-5;1-4-3-5(4)2/h6H,2-5H2,1H3;2*5H2,1-4H3;5-6H,1-4H3;4*6H,4-5H2,1-3H3;3-6H2,1-2H3;3-4H2,1-2H3;4-5H,3H2,1-2H3/t;;;;;;;;;;4-,5?/m..........1/s1. The number of rotatable bonds is 14. The molecule has 2 atom stereocenters. The van der Waals surface area contributed by atoms with Crippen molar-refractivity contribution in [3.05, 3.63) is 0 Å². The lowest BCUT2D eigenvalue weighted by Gasteiger charge is -2.12. The van der Waals surface area contributed by atoms with Gasteiger partial charge in [-0.15, -0.1) is 0 Å². The highest BCUT2D eigenvalue weighted by Crippen LogP contribution is 2.43. The Morgan fingerprint density at radius 1 is 0.438 bits per heavy atom. The van der Waals surface area contributed by atoms with Gasteiger partial charge in [0, 0.05) is 0 Å². The Morgan fingerprint density at radius 2 is 0.672 bits per heavy atom. The van der Waals surface area contributed by atoms with Crippen molar-refractivity contribution in [1.82, 2.24) is 0 Å². The quantitative estimate of drug-likeness (QED) is 0.152. The summed E-state index contributed by atoms with van der Waals surface area (Å²) < 4.78 is 0. The molecular weight excluding hydrogens is 769 g/mol. The summed E-state index contributed by atoms with van der Waals surface area (Å²) in [6.45, 7) is 69.7. The fourth-order valence-corrected chi connectivity index (χ4v) is 3.80. The lowest BCUT2D eigenvalue weighted by atomic mass is 9.94. The molecule has 3 saturated carbocycles. The molecule has 0 radical (unpaired) electrons. The van der Waals surface area contributed by atoms with Crippen molar-refractivity contribution < 1.29 is 0 Å². The average Bonchev–Trinajstić information content (AvgIpc) is 4.18. The molecule has 0 heteroatoms. The van der Waals surface area contributed by atoms with Crippen molar-refractivity contribution in [2.75, 3.05) is 0 Å². The molecule has 0 aromatic carbocycles. The molecule has 3 aliphatic rings. The molecule has 0 N–H and O–H groups in total. The van der Waals surface area contributed by atoms with Gasteiger partial charge in [0.05, 0.1) is 0 Å². The second kappa shape index (κ2) is 55.6. The van der Waals surface area contributed by atoms with Crippen LogP contribution >= 0.6 is 0 Å². The Balaban J connectivity index is -0.0000000898. The minimum absolute atomic E-state index is 0.542. The van der Waals surface area contributed by atoms with Gasteiger partial charge in [-0.05, 0) is 88.8 Å². The van der Waals surface area contributed by atoms with Gasteiger partial charge in [0.15, 0.2) is 0 Å². The molecule has 0 aromatic heterocycles. The SMILES string of the molecule is CC(C)C(C)C.CC1(C)CC1.CC1C[C@H]1C.CCC(C)(C)C.CCC(C)(C)C.CCC(C)CC.CCC(C)CC.CCCC(C)C.CCCC(C)C.CCCC1CC1.CCCCCC. The van der Waals surface area contributed by atoms with Crippen LogP contribution in [0.15, 0.2) is 0 Å². The molecule has 0 aromatic rings. The van der Waals surface area contributed by atoms with Crippen molar-refractivity contribution in [1.29, 1.82) is 0 Å². The first-order valence-electron chi connectivity index (χ1n) is 29.3. The van der Waals surface area contributed by atoms with Crippen LogP contribution in [0, 0.1) is 69.5 Å². The third kappa shape index (κ3) is 119. The number of hydrogen-bond donors (Lipinski definition) is 0. The Labute approximate surface area is 417 Å². The Bertz CT molecular complexity index is 693. The van der Waals surface area contributed by atoms with Gasteiger partial charge in [-0.1, -0.05) is 330 Å². The van der Waals surface area contributed by atoms with Crippen LogP contribution in [0.2, 0.25) is 0 Å². The summed E-state index contributed by atoms with van der Waals surface area (Å²) in [7, 11) is 0. The van der Waals surface area contributed by atoms with Crippen LogP contribution in [-0.4, -0.2) is 0 Å². The average molecular weight is 914 g/mol. The van der Waals surface area contributed by atoms with E-state index in [2.05, 4.69) is 215 Å². The molecule has 0 aliphatic heterocycles. The predicted molar refractivity (Wildman–Crippen MR) is 312 cm³/mol. The maximum absolute atomic E-state index is 2.30. The van der Waals surface area contributed by atoms with Crippen LogP contribution in [0.3, 0.4) is 0 Å². The van der Waals surface area contributed by atoms with Crippen LogP contribution in [0.5, 0.6) is 0 Å². The molecule has 400 valence electrons. The lowest BCUT2D eigenvalue weighted by molar-refractivity contribution is 0.397. The zero-order chi connectivity index (χ0) is 52.5. The van der Waals surface area contributed by atoms with E-state index in [0.717, 1.165) is 58.7 Å². The zero-order valence-corrected chi connectivity index (χ0v) is 52.5. The molecule has 1 unspecified atom stereocenters. The molecule has 0 amide bonds. The highest BCUT2D eigenvalue weighted by molar-refractivity contribution is 4.82. The summed E-state index contributed by atoms with van der Waals surface area (Å²) in [5, 5.41) is 0. The summed E-state index contributed by atoms with van der Waals surface area (Å²) in [6, 6.07) is 0. The summed E-state index contributed by atoms with van der Waals surface area (Å²) in [5.74, 6) is 8.62. The summed E-state index contributed by atoms with van der Waals surface area (Å²) in [5.41, 5.74) is 1.83. The van der Waals surface area contributed by atoms with E-state index in [0.29, 0.717) is 10.8 Å². The second-order valence-corrected chi connectivity index (χ2v) is 25.3. The molecule has 0 nitrogen and oxygen atoms in total. The fourth-order valence-electron chi connectivity index (χ4n) is 3.80. The molecule has 0 saturated heterocycles. The molecule has 64 heavy (non-hydrogen) atoms. The Morgan fingerprint density at radius 3 is 0.703 bits per heavy atom. The molecule has 3 aliphatic carbocycles. The molecule has 3 rings (SSSR count). The highest BCUT2D eigenvalue weighted by Gasteiger charge is 2.30. The second-order valence-electron chi connectivity index (χ2n) is 25.3. The lowest BCUT2D eigenvalue weighted by Crippen LogP contribution is -2.00. The van der Waals surface area contributed by atoms with Gasteiger partial charge in [0.25, 0.3) is 0 Å². The third-order valence-corrected chi connectivity index (χ3v) is 13.1. The van der Waals surface area contributed by atoms with E-state index in [1.54, 1.807) is 0 Å². The van der Waals surface area contributed by atoms with Crippen LogP contribution in [-0.2, 0) is 0 Å². The first kappa shape index (κ1) is 81.0. The smallest absolute Gasteiger partial charge is 0.0354 e. The predicted octanol–water partition coefficient (Wildman–Crippen LogP) is 25.2. The summed E-state index contributed by atoms with van der Waals surface area (Å²) in [4.78, 5) is 0. The largest absolute Gasteiger partial charge is 0.0654 e. The van der Waals surface area contributed by atoms with Gasteiger partial charge in [-0.25, -0.2) is 0 Å². The number of hydrogen-bond acceptors (Lipinski definition) is 0. The van der Waals surface area contributed by atoms with Gasteiger partial charge >= 0.3 is 0 Å². The van der Waals surface area contributed by atoms with Gasteiger partial charge in [-0.3, -0.25) is 0 Å². The summed E-state index contributed by atoms with van der Waals surface area (Å²) >= 11 is 0. The first-order chi connectivity index (χ1) is 29.3. The van der Waals surface area contributed by atoms with Crippen LogP contribution in [0.1, 0.15) is 349 Å². The minimum Gasteiger partial charge on any atom is -0.0654 e. The van der Waals surface area contributed by atoms with Crippen LogP contribution < -0.4 is 0 Å². The van der Waals surface area contributed by atoms with Crippen molar-refractivity contribution in [2.24, 2.45) is 69.5 Å². The normalized spacial score (nSPS) is 16.1. The van der Waals surface area contributed by atoms with E-state index in [9.17, 15) is 0 Å². The third-order valence-electron chi connectivity index (χ3n) is 13.1. The van der Waals surface area contributed by atoms with Crippen molar-refractivity contribution in [3.8, 4) is 0 Å². The minimum atomic E-state index is 0.542. The van der Waals surface area contributed by atoms with E-state index in [4.69, 9.17) is 0 Å². The van der Waals surface area contributed by atoms with Crippen molar-refractivity contribution >= 4 is 0 Å². The molecule has 3 fully saturated rings. The van der Waals surface area contributed by atoms with E-state index in [-0.39, 0.29) is 0 Å². The van der Waals surface area contributed by atoms with Crippen LogP contribution in [0.25, 0.3) is 0 Å². The Hall–Kier alpha value is 0. The fraction of sp³-hybridized carbons (Fsp3) is 1.00. The maximum Gasteiger partial charge on any atom is -0.0354 e. The topological polar surface area (TPSA) is 0 Å². The number of unbranched alkanes of at least 4 members (excludes halogenated alkanes) is 3. The van der Waals surface area contributed by atoms with E-state index < -0.39 is 0 Å². The monoisotopic (exact) mass is 913 g/mol. The summed E-state index contributed by atoms with van der Waals surface area (Å²) in [6.07, 6.45) is 29.1. The van der Waals surface area contributed by atoms with Crippen molar-refractivity contribution in [2.45, 2.75) is 349 Å². The Kier molecular flexibility index (Phi) is 70.4. The molecule has 0 heterocycles. The van der Waals surface area contributed by atoms with Gasteiger partial charge in [0.1, 0.15) is 0 Å². The molecular formula is C64H144. The van der Waals surface area contributed by atoms with Gasteiger partial charge in [0.2, 0.25) is 0 Å². The van der Waals surface area contributed by atoms with Gasteiger partial charge < -0.3 is 0 Å². The molecule has 0 spiro atoms. The van der Waals surface area contributed by atoms with E-state index in [1.807, 2.05) is 0 Å². The highest BCUT2D eigenvalue weighted by atomic mass is 14.4. The van der Waals surface area contributed by atoms with Gasteiger partial charge in [-0.2, -0.15) is 0 Å². The van der Waals surface area contributed by atoms with Crippen LogP contribution in [0.4, 0.5) is 0 Å². The zero-order valence-electron chi connectivity index (χ0n) is 52.5. The first-order valence-corrected chi connectivity index (χ1v) is 29.3. The maximum atomic E-state index is 2.30.